The van der Waals surface area contributed by atoms with E-state index < -0.39 is 0 Å². The fourth-order valence-electron chi connectivity index (χ4n) is 1.98. The van der Waals surface area contributed by atoms with Crippen LogP contribution in [0.15, 0.2) is 0 Å². The van der Waals surface area contributed by atoms with E-state index in [1.165, 1.54) is 6.42 Å². The third-order valence-corrected chi connectivity index (χ3v) is 3.09. The fraction of sp³-hybridized carbons (Fsp3) is 0.909. The van der Waals surface area contributed by atoms with Gasteiger partial charge in [-0.1, -0.05) is 20.8 Å². The van der Waals surface area contributed by atoms with E-state index in [4.69, 9.17) is 12.2 Å². The molecule has 1 fully saturated rings. The van der Waals surface area contributed by atoms with E-state index in [2.05, 4.69) is 37.9 Å². The van der Waals surface area contributed by atoms with Gasteiger partial charge in [0.05, 0.1) is 0 Å². The maximum atomic E-state index is 5.38. The van der Waals surface area contributed by atoms with Crippen LogP contribution in [0.1, 0.15) is 34.1 Å². The van der Waals surface area contributed by atoms with Gasteiger partial charge in [0, 0.05) is 19.1 Å². The van der Waals surface area contributed by atoms with Crippen molar-refractivity contribution in [2.24, 2.45) is 11.8 Å². The zero-order chi connectivity index (χ0) is 10.7. The zero-order valence-corrected chi connectivity index (χ0v) is 10.5. The number of likely N-dealkylation sites (tertiary alicyclic amines) is 1. The van der Waals surface area contributed by atoms with E-state index in [0.29, 0.717) is 12.0 Å². The Balaban J connectivity index is 2.37. The van der Waals surface area contributed by atoms with Crippen molar-refractivity contribution in [3.8, 4) is 0 Å². The Morgan fingerprint density at radius 3 is 2.57 bits per heavy atom. The minimum Gasteiger partial charge on any atom is -0.362 e. The van der Waals surface area contributed by atoms with E-state index in [0.717, 1.165) is 24.1 Å². The fourth-order valence-corrected chi connectivity index (χ4v) is 2.31. The zero-order valence-electron chi connectivity index (χ0n) is 9.71. The van der Waals surface area contributed by atoms with Crippen LogP contribution in [0.4, 0.5) is 0 Å². The molecule has 0 aliphatic carbocycles. The van der Waals surface area contributed by atoms with Crippen LogP contribution in [0.3, 0.4) is 0 Å². The molecule has 0 aromatic rings. The molecule has 0 spiro atoms. The molecule has 1 rings (SSSR count). The van der Waals surface area contributed by atoms with E-state index in [-0.39, 0.29) is 0 Å². The summed E-state index contributed by atoms with van der Waals surface area (Å²) in [6.07, 6.45) is 1.27. The molecule has 1 N–H and O–H groups in total. The van der Waals surface area contributed by atoms with Gasteiger partial charge in [-0.05, 0) is 37.4 Å². The first-order valence-electron chi connectivity index (χ1n) is 5.55. The maximum Gasteiger partial charge on any atom is 0.169 e. The topological polar surface area (TPSA) is 15.3 Å². The molecule has 0 amide bonds. The normalized spacial score (nSPS) is 27.1. The summed E-state index contributed by atoms with van der Waals surface area (Å²) in [7, 11) is 0. The molecule has 0 aromatic heterocycles. The van der Waals surface area contributed by atoms with Gasteiger partial charge in [0.15, 0.2) is 5.11 Å². The highest BCUT2D eigenvalue weighted by atomic mass is 32.1. The van der Waals surface area contributed by atoms with Crippen LogP contribution in [0, 0.1) is 11.8 Å². The minimum absolute atomic E-state index is 0.608. The Morgan fingerprint density at radius 2 is 2.14 bits per heavy atom. The van der Waals surface area contributed by atoms with Crippen molar-refractivity contribution in [1.82, 2.24) is 10.2 Å². The molecule has 1 saturated heterocycles. The molecule has 0 radical (unpaired) electrons. The molecule has 14 heavy (non-hydrogen) atoms. The maximum absolute atomic E-state index is 5.38. The average molecular weight is 214 g/mol. The molecule has 1 aliphatic heterocycles. The van der Waals surface area contributed by atoms with Gasteiger partial charge >= 0.3 is 0 Å². The highest BCUT2D eigenvalue weighted by Crippen LogP contribution is 2.22. The van der Waals surface area contributed by atoms with E-state index in [1.807, 2.05) is 0 Å². The summed E-state index contributed by atoms with van der Waals surface area (Å²) >= 11 is 5.38. The quantitative estimate of drug-likeness (QED) is 0.710. The predicted molar refractivity (Wildman–Crippen MR) is 65.4 cm³/mol. The van der Waals surface area contributed by atoms with Crippen LogP contribution >= 0.6 is 12.2 Å². The third-order valence-electron chi connectivity index (χ3n) is 2.71. The molecular formula is C11H22N2S. The van der Waals surface area contributed by atoms with E-state index in [1.54, 1.807) is 0 Å². The molecule has 1 heterocycles. The first-order valence-corrected chi connectivity index (χ1v) is 5.96. The predicted octanol–water partition coefficient (Wildman–Crippen LogP) is 2.25. The van der Waals surface area contributed by atoms with E-state index in [9.17, 15) is 0 Å². The van der Waals surface area contributed by atoms with Crippen molar-refractivity contribution in [2.75, 3.05) is 13.1 Å². The van der Waals surface area contributed by atoms with Gasteiger partial charge in [0.25, 0.3) is 0 Å². The van der Waals surface area contributed by atoms with Crippen LogP contribution in [-0.2, 0) is 0 Å². The largest absolute Gasteiger partial charge is 0.362 e. The van der Waals surface area contributed by atoms with Crippen LogP contribution < -0.4 is 5.32 Å². The van der Waals surface area contributed by atoms with Gasteiger partial charge in [0.2, 0.25) is 0 Å². The SMILES string of the molecule is CC(C)CNC(=S)N1CC(C)CC1C. The average Bonchev–Trinajstić information content (AvgIpc) is 2.41. The Bertz CT molecular complexity index is 203. The lowest BCUT2D eigenvalue weighted by Gasteiger charge is -2.25. The summed E-state index contributed by atoms with van der Waals surface area (Å²) in [5, 5.41) is 4.27. The summed E-state index contributed by atoms with van der Waals surface area (Å²) < 4.78 is 0. The Labute approximate surface area is 93.1 Å². The monoisotopic (exact) mass is 214 g/mol. The van der Waals surface area contributed by atoms with Gasteiger partial charge < -0.3 is 10.2 Å². The highest BCUT2D eigenvalue weighted by molar-refractivity contribution is 7.80. The molecule has 2 unspecified atom stereocenters. The first kappa shape index (κ1) is 11.8. The summed E-state index contributed by atoms with van der Waals surface area (Å²) in [5.41, 5.74) is 0. The molecular weight excluding hydrogens is 192 g/mol. The molecule has 0 bridgehead atoms. The number of hydrogen-bond acceptors (Lipinski definition) is 1. The molecule has 3 heteroatoms. The number of nitrogens with one attached hydrogen (secondary N) is 1. The van der Waals surface area contributed by atoms with Gasteiger partial charge in [-0.15, -0.1) is 0 Å². The van der Waals surface area contributed by atoms with Gasteiger partial charge in [-0.2, -0.15) is 0 Å². The van der Waals surface area contributed by atoms with Gasteiger partial charge in [0.1, 0.15) is 0 Å². The molecule has 2 atom stereocenters. The molecule has 2 nitrogen and oxygen atoms in total. The molecule has 82 valence electrons. The summed E-state index contributed by atoms with van der Waals surface area (Å²) in [4.78, 5) is 2.32. The van der Waals surface area contributed by atoms with Crippen LogP contribution in [0.2, 0.25) is 0 Å². The van der Waals surface area contributed by atoms with Crippen molar-refractivity contribution in [3.63, 3.8) is 0 Å². The van der Waals surface area contributed by atoms with Crippen molar-refractivity contribution in [1.29, 1.82) is 0 Å². The van der Waals surface area contributed by atoms with Gasteiger partial charge in [-0.3, -0.25) is 0 Å². The summed E-state index contributed by atoms with van der Waals surface area (Å²) in [6.45, 7) is 11.0. The summed E-state index contributed by atoms with van der Waals surface area (Å²) in [6, 6.07) is 0.608. The lowest BCUT2D eigenvalue weighted by molar-refractivity contribution is 0.400. The highest BCUT2D eigenvalue weighted by Gasteiger charge is 2.27. The molecule has 0 saturated carbocycles. The van der Waals surface area contributed by atoms with Gasteiger partial charge in [-0.25, -0.2) is 0 Å². The second kappa shape index (κ2) is 4.96. The number of hydrogen-bond donors (Lipinski definition) is 1. The first-order chi connectivity index (χ1) is 6.50. The van der Waals surface area contributed by atoms with Crippen molar-refractivity contribution in [3.05, 3.63) is 0 Å². The van der Waals surface area contributed by atoms with Crippen molar-refractivity contribution >= 4 is 17.3 Å². The molecule has 1 aliphatic rings. The number of nitrogens with zero attached hydrogens (tertiary/aromatic N) is 1. The van der Waals surface area contributed by atoms with Crippen LogP contribution in [0.25, 0.3) is 0 Å². The lowest BCUT2D eigenvalue weighted by Crippen LogP contribution is -2.42. The Kier molecular flexibility index (Phi) is 4.17. The lowest BCUT2D eigenvalue weighted by atomic mass is 10.1. The van der Waals surface area contributed by atoms with Crippen LogP contribution in [0.5, 0.6) is 0 Å². The van der Waals surface area contributed by atoms with E-state index >= 15 is 0 Å². The Morgan fingerprint density at radius 1 is 1.50 bits per heavy atom. The standard InChI is InChI=1S/C11H22N2S/c1-8(2)6-12-11(14)13-7-9(3)5-10(13)4/h8-10H,5-7H2,1-4H3,(H,12,14). The minimum atomic E-state index is 0.608. The van der Waals surface area contributed by atoms with Crippen molar-refractivity contribution in [2.45, 2.75) is 40.2 Å². The molecule has 0 aromatic carbocycles. The second-order valence-corrected chi connectivity index (χ2v) is 5.31. The van der Waals surface area contributed by atoms with Crippen molar-refractivity contribution < 1.29 is 0 Å². The second-order valence-electron chi connectivity index (χ2n) is 4.92. The number of thiocarbonyl (C=S) groups is 1. The third kappa shape index (κ3) is 3.12. The summed E-state index contributed by atoms with van der Waals surface area (Å²) in [5.74, 6) is 1.44. The number of rotatable bonds is 2. The Hall–Kier alpha value is -0.310. The van der Waals surface area contributed by atoms with Crippen LogP contribution in [-0.4, -0.2) is 29.1 Å². The smallest absolute Gasteiger partial charge is 0.169 e.